The Labute approximate surface area is 194 Å². The highest BCUT2D eigenvalue weighted by molar-refractivity contribution is 14.0. The van der Waals surface area contributed by atoms with Crippen molar-refractivity contribution in [2.24, 2.45) is 4.99 Å². The van der Waals surface area contributed by atoms with Gasteiger partial charge in [-0.2, -0.15) is 0 Å². The molecule has 1 unspecified atom stereocenters. The van der Waals surface area contributed by atoms with Crippen molar-refractivity contribution in [1.82, 2.24) is 16.0 Å². The van der Waals surface area contributed by atoms with Crippen LogP contribution in [0.3, 0.4) is 0 Å². The van der Waals surface area contributed by atoms with Crippen LogP contribution in [0.5, 0.6) is 0 Å². The summed E-state index contributed by atoms with van der Waals surface area (Å²) in [5.41, 5.74) is 0.564. The Bertz CT molecular complexity index is 789. The van der Waals surface area contributed by atoms with Gasteiger partial charge in [-0.05, 0) is 57.5 Å². The fourth-order valence-corrected chi connectivity index (χ4v) is 2.56. The maximum absolute atomic E-state index is 11.7. The average Bonchev–Trinajstić information content (AvgIpc) is 3.20. The van der Waals surface area contributed by atoms with Gasteiger partial charge in [-0.3, -0.25) is 0 Å². The van der Waals surface area contributed by atoms with Crippen LogP contribution in [-0.4, -0.2) is 36.2 Å². The lowest BCUT2D eigenvalue weighted by atomic mass is 10.0. The summed E-state index contributed by atoms with van der Waals surface area (Å²) in [6.07, 6.45) is 1.54. The number of urea groups is 1. The van der Waals surface area contributed by atoms with Crippen LogP contribution < -0.4 is 21.3 Å². The number of carbonyl (C=O) groups is 1. The first-order valence-corrected chi connectivity index (χ1v) is 9.75. The zero-order chi connectivity index (χ0) is 21.3. The second-order valence-corrected chi connectivity index (χ2v) is 7.25. The first-order valence-electron chi connectivity index (χ1n) is 9.75. The molecule has 0 fully saturated rings. The van der Waals surface area contributed by atoms with Gasteiger partial charge in [-0.15, -0.1) is 24.0 Å². The Morgan fingerprint density at radius 2 is 1.90 bits per heavy atom. The lowest BCUT2D eigenvalue weighted by Crippen LogP contribution is -2.44. The van der Waals surface area contributed by atoms with Gasteiger partial charge in [0.2, 0.25) is 0 Å². The molecule has 0 spiro atoms. The molecule has 166 valence electrons. The number of furan rings is 1. The van der Waals surface area contributed by atoms with Crippen molar-refractivity contribution in [3.05, 3.63) is 54.0 Å². The minimum absolute atomic E-state index is 0. The van der Waals surface area contributed by atoms with Crippen molar-refractivity contribution in [1.29, 1.82) is 0 Å². The minimum Gasteiger partial charge on any atom is -0.466 e. The van der Waals surface area contributed by atoms with E-state index in [1.807, 2.05) is 45.0 Å². The van der Waals surface area contributed by atoms with Gasteiger partial charge >= 0.3 is 6.03 Å². The van der Waals surface area contributed by atoms with E-state index in [1.54, 1.807) is 19.1 Å². The molecule has 1 atom stereocenters. The molecule has 2 aromatic rings. The smallest absolute Gasteiger partial charge is 0.319 e. The van der Waals surface area contributed by atoms with Gasteiger partial charge in [-0.1, -0.05) is 12.1 Å². The van der Waals surface area contributed by atoms with E-state index >= 15 is 0 Å². The van der Waals surface area contributed by atoms with Crippen molar-refractivity contribution in [2.75, 3.05) is 18.4 Å². The molecule has 8 nitrogen and oxygen atoms in total. The van der Waals surface area contributed by atoms with Gasteiger partial charge in [0.05, 0.1) is 19.4 Å². The number of rotatable bonds is 8. The predicted octanol–water partition coefficient (Wildman–Crippen LogP) is 3.39. The average molecular weight is 529 g/mol. The van der Waals surface area contributed by atoms with Gasteiger partial charge in [0.1, 0.15) is 11.4 Å². The number of aliphatic hydroxyl groups is 1. The summed E-state index contributed by atoms with van der Waals surface area (Å²) in [5.74, 6) is 1.09. The highest BCUT2D eigenvalue weighted by Gasteiger charge is 2.26. The second kappa shape index (κ2) is 12.4. The normalized spacial score (nSPS) is 13.2. The third-order valence-electron chi connectivity index (χ3n) is 4.05. The van der Waals surface area contributed by atoms with Gasteiger partial charge in [0.25, 0.3) is 0 Å². The molecule has 1 heterocycles. The largest absolute Gasteiger partial charge is 0.466 e. The number of guanidine groups is 1. The van der Waals surface area contributed by atoms with Crippen LogP contribution in [0.15, 0.2) is 52.1 Å². The topological polar surface area (TPSA) is 111 Å². The molecule has 9 heteroatoms. The SMILES string of the molecule is CCNC(=NCc1ccc(NC(=O)NC(C)C)cc1)NCC(C)(O)c1ccco1.I. The molecule has 0 aliphatic heterocycles. The van der Waals surface area contributed by atoms with Crippen LogP contribution in [-0.2, 0) is 12.1 Å². The number of benzene rings is 1. The van der Waals surface area contributed by atoms with Crippen LogP contribution in [0.2, 0.25) is 0 Å². The number of nitrogens with one attached hydrogen (secondary N) is 4. The summed E-state index contributed by atoms with van der Waals surface area (Å²) in [4.78, 5) is 16.3. The summed E-state index contributed by atoms with van der Waals surface area (Å²) in [7, 11) is 0. The lowest BCUT2D eigenvalue weighted by Gasteiger charge is -2.22. The van der Waals surface area contributed by atoms with Gasteiger partial charge in [-0.25, -0.2) is 9.79 Å². The Kier molecular flexibility index (Phi) is 10.7. The monoisotopic (exact) mass is 529 g/mol. The van der Waals surface area contributed by atoms with Crippen molar-refractivity contribution in [3.63, 3.8) is 0 Å². The lowest BCUT2D eigenvalue weighted by molar-refractivity contribution is 0.0386. The van der Waals surface area contributed by atoms with Crippen molar-refractivity contribution in [2.45, 2.75) is 45.9 Å². The highest BCUT2D eigenvalue weighted by Crippen LogP contribution is 2.19. The van der Waals surface area contributed by atoms with Gasteiger partial charge in [0, 0.05) is 18.3 Å². The number of nitrogens with zero attached hydrogens (tertiary/aromatic N) is 1. The Balaban J connectivity index is 0.00000450. The van der Waals surface area contributed by atoms with E-state index in [0.29, 0.717) is 24.8 Å². The van der Waals surface area contributed by atoms with Crippen molar-refractivity contribution >= 4 is 41.7 Å². The van der Waals surface area contributed by atoms with Crippen LogP contribution in [0, 0.1) is 0 Å². The van der Waals surface area contributed by atoms with Crippen LogP contribution in [0.25, 0.3) is 0 Å². The molecular formula is C21H32IN5O3. The zero-order valence-corrected chi connectivity index (χ0v) is 20.2. The molecule has 0 saturated heterocycles. The molecule has 0 bridgehead atoms. The highest BCUT2D eigenvalue weighted by atomic mass is 127. The summed E-state index contributed by atoms with van der Waals surface area (Å²) in [5, 5.41) is 22.4. The number of carbonyl (C=O) groups excluding carboxylic acids is 1. The zero-order valence-electron chi connectivity index (χ0n) is 17.9. The van der Waals surface area contributed by atoms with E-state index < -0.39 is 5.60 Å². The summed E-state index contributed by atoms with van der Waals surface area (Å²) >= 11 is 0. The Morgan fingerprint density at radius 1 is 1.20 bits per heavy atom. The molecule has 30 heavy (non-hydrogen) atoms. The second-order valence-electron chi connectivity index (χ2n) is 7.25. The van der Waals surface area contributed by atoms with Crippen LogP contribution >= 0.6 is 24.0 Å². The first kappa shape index (κ1) is 25.8. The predicted molar refractivity (Wildman–Crippen MR) is 130 cm³/mol. The van der Waals surface area contributed by atoms with Crippen molar-refractivity contribution < 1.29 is 14.3 Å². The van der Waals surface area contributed by atoms with Crippen LogP contribution in [0.1, 0.15) is 39.0 Å². The Hall–Kier alpha value is -2.27. The van der Waals surface area contributed by atoms with E-state index in [4.69, 9.17) is 4.42 Å². The number of anilines is 1. The molecule has 0 saturated carbocycles. The molecule has 0 aliphatic rings. The van der Waals surface area contributed by atoms with E-state index in [-0.39, 0.29) is 42.6 Å². The third kappa shape index (κ3) is 8.62. The maximum Gasteiger partial charge on any atom is 0.319 e. The van der Waals surface area contributed by atoms with E-state index in [0.717, 1.165) is 11.3 Å². The van der Waals surface area contributed by atoms with E-state index in [9.17, 15) is 9.90 Å². The molecule has 1 aromatic carbocycles. The van der Waals surface area contributed by atoms with E-state index in [1.165, 1.54) is 6.26 Å². The standard InChI is InChI=1S/C21H31N5O3.HI/c1-5-22-19(24-14-21(4,28)18-7-6-12-29-18)23-13-16-8-10-17(11-9-16)26-20(27)25-15(2)3;/h6-12,15,28H,5,13-14H2,1-4H3,(H2,22,23,24)(H2,25,26,27);1H. The Morgan fingerprint density at radius 3 is 2.47 bits per heavy atom. The summed E-state index contributed by atoms with van der Waals surface area (Å²) < 4.78 is 5.29. The number of hydrogen-bond donors (Lipinski definition) is 5. The summed E-state index contributed by atoms with van der Waals surface area (Å²) in [6.45, 7) is 8.88. The fourth-order valence-electron chi connectivity index (χ4n) is 2.56. The molecular weight excluding hydrogens is 497 g/mol. The first-order chi connectivity index (χ1) is 13.8. The minimum atomic E-state index is -1.15. The van der Waals surface area contributed by atoms with Crippen LogP contribution in [0.4, 0.5) is 10.5 Å². The number of halogens is 1. The number of aliphatic imine (C=N–C) groups is 1. The van der Waals surface area contributed by atoms with Crippen molar-refractivity contribution in [3.8, 4) is 0 Å². The fraction of sp³-hybridized carbons (Fsp3) is 0.429. The molecule has 0 aliphatic carbocycles. The number of amides is 2. The van der Waals surface area contributed by atoms with E-state index in [2.05, 4.69) is 26.3 Å². The van der Waals surface area contributed by atoms with Gasteiger partial charge < -0.3 is 30.8 Å². The quantitative estimate of drug-likeness (QED) is 0.205. The third-order valence-corrected chi connectivity index (χ3v) is 4.05. The molecule has 5 N–H and O–H groups in total. The van der Waals surface area contributed by atoms with Gasteiger partial charge in [0.15, 0.2) is 5.96 Å². The molecule has 2 rings (SSSR count). The maximum atomic E-state index is 11.7. The molecule has 2 amide bonds. The summed E-state index contributed by atoms with van der Waals surface area (Å²) in [6, 6.07) is 10.8. The molecule has 1 aromatic heterocycles. The molecule has 0 radical (unpaired) electrons. The number of hydrogen-bond acceptors (Lipinski definition) is 4.